The number of carboxylic acids is 1. The molecule has 0 aliphatic carbocycles. The van der Waals surface area contributed by atoms with Gasteiger partial charge in [-0.1, -0.05) is 0 Å². The molecule has 3 heterocycles. The number of sulfonamides is 1. The van der Waals surface area contributed by atoms with Crippen LogP contribution in [0, 0.1) is 11.3 Å². The van der Waals surface area contributed by atoms with E-state index in [1.165, 1.54) is 10.6 Å². The first-order chi connectivity index (χ1) is 14.8. The van der Waals surface area contributed by atoms with Gasteiger partial charge in [-0.05, 0) is 25.8 Å². The number of hydrogen-bond acceptors (Lipinski definition) is 8. The summed E-state index contributed by atoms with van der Waals surface area (Å²) in [4.78, 5) is 32.2. The summed E-state index contributed by atoms with van der Waals surface area (Å²) in [6.07, 6.45) is 0.696. The van der Waals surface area contributed by atoms with E-state index in [-0.39, 0.29) is 11.9 Å². The van der Waals surface area contributed by atoms with Crippen molar-refractivity contribution in [2.75, 3.05) is 43.9 Å². The van der Waals surface area contributed by atoms with Gasteiger partial charge in [-0.2, -0.15) is 13.2 Å². The maximum Gasteiger partial charge on any atom is 0.490 e. The monoisotopic (exact) mass is 482 g/mol. The van der Waals surface area contributed by atoms with E-state index in [1.54, 1.807) is 25.4 Å². The second kappa shape index (κ2) is 9.98. The molecule has 0 unspecified atom stereocenters. The molecule has 2 aliphatic heterocycles. The molecule has 2 aliphatic rings. The average molecular weight is 482 g/mol. The Labute approximate surface area is 183 Å². The number of rotatable bonds is 4. The third-order valence-electron chi connectivity index (χ3n) is 5.38. The van der Waals surface area contributed by atoms with Gasteiger partial charge in [0, 0.05) is 44.5 Å². The Morgan fingerprint density at radius 1 is 1.28 bits per heavy atom. The van der Waals surface area contributed by atoms with Crippen LogP contribution in [0.2, 0.25) is 0 Å². The van der Waals surface area contributed by atoms with E-state index >= 15 is 0 Å². The number of aromatic nitrogens is 2. The van der Waals surface area contributed by atoms with E-state index in [2.05, 4.69) is 9.97 Å². The summed E-state index contributed by atoms with van der Waals surface area (Å²) in [5, 5.41) is 7.12. The summed E-state index contributed by atoms with van der Waals surface area (Å²) in [5.74, 6) is -2.58. The molecule has 2 fully saturated rings. The third-order valence-corrected chi connectivity index (χ3v) is 6.65. The molecular formula is C18H25F3N4O6S. The van der Waals surface area contributed by atoms with Crippen LogP contribution in [0.15, 0.2) is 18.5 Å². The second-order valence-corrected chi connectivity index (χ2v) is 9.51. The highest BCUT2D eigenvalue weighted by Gasteiger charge is 2.55. The summed E-state index contributed by atoms with van der Waals surface area (Å²) in [7, 11) is -3.30. The van der Waals surface area contributed by atoms with E-state index in [0.717, 1.165) is 0 Å². The molecule has 0 saturated carbocycles. The fraction of sp³-hybridized carbons (Fsp3) is 0.667. The molecule has 2 atom stereocenters. The van der Waals surface area contributed by atoms with Crippen molar-refractivity contribution in [1.82, 2.24) is 14.3 Å². The number of halogens is 3. The van der Waals surface area contributed by atoms with Crippen LogP contribution in [-0.4, -0.2) is 85.0 Å². The normalized spacial score (nSPS) is 24.0. The summed E-state index contributed by atoms with van der Waals surface area (Å²) in [5.41, 5.74) is -0.714. The highest BCUT2D eigenvalue weighted by Crippen LogP contribution is 2.44. The Morgan fingerprint density at radius 3 is 2.38 bits per heavy atom. The van der Waals surface area contributed by atoms with Gasteiger partial charge in [-0.15, -0.1) is 0 Å². The Hall–Kier alpha value is -2.48. The highest BCUT2D eigenvalue weighted by atomic mass is 32.2. The number of carbonyl (C=O) groups excluding carboxylic acids is 1. The topological polar surface area (TPSA) is 130 Å². The minimum atomic E-state index is -5.08. The van der Waals surface area contributed by atoms with Gasteiger partial charge in [-0.25, -0.2) is 27.5 Å². The van der Waals surface area contributed by atoms with E-state index in [0.29, 0.717) is 51.6 Å². The molecule has 10 nitrogen and oxygen atoms in total. The highest BCUT2D eigenvalue weighted by molar-refractivity contribution is 7.88. The number of carboxylic acid groups (broad SMARTS) is 1. The summed E-state index contributed by atoms with van der Waals surface area (Å²) in [6, 6.07) is 1.74. The van der Waals surface area contributed by atoms with Crippen molar-refractivity contribution in [1.29, 1.82) is 0 Å². The SMILES string of the molecule is CCOC(=O)[C@]12CCCN(S(C)(=O)=O)C[C@H]1CN(c1ncccn1)C2.O=C(O)C(F)(F)F. The predicted molar refractivity (Wildman–Crippen MR) is 106 cm³/mol. The van der Waals surface area contributed by atoms with Gasteiger partial charge in [0.2, 0.25) is 16.0 Å². The van der Waals surface area contributed by atoms with E-state index in [1.807, 2.05) is 4.90 Å². The fourth-order valence-corrected chi connectivity index (χ4v) is 4.83. The van der Waals surface area contributed by atoms with Crippen LogP contribution >= 0.6 is 0 Å². The molecule has 32 heavy (non-hydrogen) atoms. The smallest absolute Gasteiger partial charge is 0.475 e. The first-order valence-corrected chi connectivity index (χ1v) is 11.6. The van der Waals surface area contributed by atoms with Gasteiger partial charge in [0.05, 0.1) is 18.3 Å². The van der Waals surface area contributed by atoms with E-state index < -0.39 is 27.6 Å². The second-order valence-electron chi connectivity index (χ2n) is 7.53. The molecule has 0 bridgehead atoms. The first kappa shape index (κ1) is 25.8. The Bertz CT molecular complexity index is 915. The molecule has 1 aromatic heterocycles. The van der Waals surface area contributed by atoms with Crippen LogP contribution in [-0.2, 0) is 24.3 Å². The lowest BCUT2D eigenvalue weighted by Crippen LogP contribution is -2.43. The van der Waals surface area contributed by atoms with Gasteiger partial charge in [-0.3, -0.25) is 4.79 Å². The summed E-state index contributed by atoms with van der Waals surface area (Å²) in [6.45, 7) is 3.85. The van der Waals surface area contributed by atoms with Gasteiger partial charge in [0.15, 0.2) is 0 Å². The minimum absolute atomic E-state index is 0.146. The first-order valence-electron chi connectivity index (χ1n) is 9.75. The summed E-state index contributed by atoms with van der Waals surface area (Å²) >= 11 is 0. The van der Waals surface area contributed by atoms with Crippen molar-refractivity contribution in [3.63, 3.8) is 0 Å². The predicted octanol–water partition coefficient (Wildman–Crippen LogP) is 1.15. The van der Waals surface area contributed by atoms with Crippen LogP contribution < -0.4 is 4.90 Å². The number of hydrogen-bond donors (Lipinski definition) is 1. The van der Waals surface area contributed by atoms with Gasteiger partial charge in [0.25, 0.3) is 0 Å². The zero-order valence-electron chi connectivity index (χ0n) is 17.6. The van der Waals surface area contributed by atoms with Crippen molar-refractivity contribution in [2.45, 2.75) is 25.9 Å². The quantitative estimate of drug-likeness (QED) is 0.628. The summed E-state index contributed by atoms with van der Waals surface area (Å²) < 4.78 is 62.7. The molecule has 1 aromatic rings. The van der Waals surface area contributed by atoms with E-state index in [9.17, 15) is 26.4 Å². The Balaban J connectivity index is 0.000000451. The number of alkyl halides is 3. The van der Waals surface area contributed by atoms with Gasteiger partial charge < -0.3 is 14.7 Å². The number of aliphatic carboxylic acids is 1. The number of esters is 1. The molecule has 14 heteroatoms. The number of ether oxygens (including phenoxy) is 1. The molecule has 0 spiro atoms. The van der Waals surface area contributed by atoms with E-state index in [4.69, 9.17) is 14.6 Å². The number of carbonyl (C=O) groups is 2. The minimum Gasteiger partial charge on any atom is -0.475 e. The van der Waals surface area contributed by atoms with Crippen LogP contribution in [0.1, 0.15) is 19.8 Å². The van der Waals surface area contributed by atoms with Crippen molar-refractivity contribution >= 4 is 27.9 Å². The molecule has 3 rings (SSSR count). The van der Waals surface area contributed by atoms with Crippen molar-refractivity contribution < 1.29 is 41.0 Å². The van der Waals surface area contributed by atoms with Gasteiger partial charge >= 0.3 is 18.1 Å². The Kier molecular flexibility index (Phi) is 8.04. The molecule has 0 aromatic carbocycles. The number of anilines is 1. The zero-order valence-corrected chi connectivity index (χ0v) is 18.4. The molecular weight excluding hydrogens is 457 g/mol. The lowest BCUT2D eigenvalue weighted by atomic mass is 9.75. The fourth-order valence-electron chi connectivity index (χ4n) is 3.91. The van der Waals surface area contributed by atoms with Gasteiger partial charge in [0.1, 0.15) is 0 Å². The van der Waals surface area contributed by atoms with Crippen molar-refractivity contribution in [3.05, 3.63) is 18.5 Å². The van der Waals surface area contributed by atoms with Crippen molar-refractivity contribution in [2.24, 2.45) is 11.3 Å². The molecule has 180 valence electrons. The lowest BCUT2D eigenvalue weighted by Gasteiger charge is -2.30. The largest absolute Gasteiger partial charge is 0.490 e. The maximum atomic E-state index is 12.8. The van der Waals surface area contributed by atoms with Crippen LogP contribution in [0.3, 0.4) is 0 Å². The standard InChI is InChI=1S/C16H24N4O4S.C2HF3O2/c1-3-24-14(21)16-6-4-9-20(25(2,22)23)11-13(16)10-19(12-16)15-17-7-5-8-18-15;3-2(4,5)1(6)7/h5,7-8,13H,3-4,6,9-12H2,1-2H3;(H,6,7)/t13-,16+;/m1./s1. The lowest BCUT2D eigenvalue weighted by molar-refractivity contribution is -0.192. The molecule has 1 N–H and O–H groups in total. The molecule has 2 saturated heterocycles. The molecule has 0 radical (unpaired) electrons. The Morgan fingerprint density at radius 2 is 1.88 bits per heavy atom. The zero-order chi connectivity index (χ0) is 24.2. The third kappa shape index (κ3) is 6.06. The van der Waals surface area contributed by atoms with Crippen LogP contribution in [0.25, 0.3) is 0 Å². The average Bonchev–Trinajstić information content (AvgIpc) is 2.96. The maximum absolute atomic E-state index is 12.8. The van der Waals surface area contributed by atoms with Crippen LogP contribution in [0.4, 0.5) is 19.1 Å². The number of nitrogens with zero attached hydrogens (tertiary/aromatic N) is 4. The van der Waals surface area contributed by atoms with Crippen LogP contribution in [0.5, 0.6) is 0 Å². The number of fused-ring (bicyclic) bond motifs is 1. The van der Waals surface area contributed by atoms with Crippen molar-refractivity contribution in [3.8, 4) is 0 Å². The molecule has 0 amide bonds.